The highest BCUT2D eigenvalue weighted by atomic mass is 16.5. The first kappa shape index (κ1) is 19.3. The van der Waals surface area contributed by atoms with Gasteiger partial charge in [0.05, 0.1) is 5.52 Å². The minimum Gasteiger partial charge on any atom is -0.368 e. The number of aromatic nitrogens is 3. The van der Waals surface area contributed by atoms with Crippen molar-refractivity contribution in [3.8, 4) is 0 Å². The van der Waals surface area contributed by atoms with Crippen molar-refractivity contribution in [2.24, 2.45) is 5.92 Å². The van der Waals surface area contributed by atoms with Crippen LogP contribution in [0.4, 0.5) is 0 Å². The van der Waals surface area contributed by atoms with Crippen LogP contribution < -0.4 is 10.6 Å². The Morgan fingerprint density at radius 2 is 2.15 bits per heavy atom. The summed E-state index contributed by atoms with van der Waals surface area (Å²) in [5, 5.41) is 13.8. The fourth-order valence-corrected chi connectivity index (χ4v) is 3.05. The molecule has 1 fully saturated rings. The average Bonchev–Trinajstić information content (AvgIpc) is 3.36. The molecule has 3 rings (SSSR count). The van der Waals surface area contributed by atoms with Gasteiger partial charge < -0.3 is 15.4 Å². The second-order valence-electron chi connectivity index (χ2n) is 7.56. The van der Waals surface area contributed by atoms with E-state index in [9.17, 15) is 9.59 Å². The van der Waals surface area contributed by atoms with E-state index in [1.54, 1.807) is 16.8 Å². The van der Waals surface area contributed by atoms with Crippen molar-refractivity contribution >= 4 is 17.3 Å². The summed E-state index contributed by atoms with van der Waals surface area (Å²) in [7, 11) is 0. The predicted molar refractivity (Wildman–Crippen MR) is 100 cm³/mol. The van der Waals surface area contributed by atoms with Gasteiger partial charge in [0, 0.05) is 24.9 Å². The normalized spacial score (nSPS) is 15.5. The quantitative estimate of drug-likeness (QED) is 0.695. The summed E-state index contributed by atoms with van der Waals surface area (Å²) in [6, 6.07) is 5.46. The van der Waals surface area contributed by atoms with E-state index in [0.717, 1.165) is 12.8 Å². The van der Waals surface area contributed by atoms with Gasteiger partial charge in [-0.25, -0.2) is 4.52 Å². The topological polar surface area (TPSA) is 97.6 Å². The maximum Gasteiger partial charge on any atom is 0.274 e. The van der Waals surface area contributed by atoms with Crippen molar-refractivity contribution < 1.29 is 14.3 Å². The lowest BCUT2D eigenvalue weighted by atomic mass is 9.99. The number of rotatable bonds is 9. The minimum absolute atomic E-state index is 0.0695. The molecule has 2 heterocycles. The summed E-state index contributed by atoms with van der Waals surface area (Å²) in [4.78, 5) is 24.9. The van der Waals surface area contributed by atoms with Crippen molar-refractivity contribution in [2.75, 3.05) is 13.2 Å². The van der Waals surface area contributed by atoms with Crippen LogP contribution in [0, 0.1) is 5.92 Å². The lowest BCUT2D eigenvalue weighted by molar-refractivity contribution is -0.135. The Hall–Kier alpha value is -2.48. The molecule has 0 aliphatic heterocycles. The van der Waals surface area contributed by atoms with Crippen LogP contribution in [-0.2, 0) is 9.53 Å². The molecule has 27 heavy (non-hydrogen) atoms. The second kappa shape index (κ2) is 8.04. The average molecular weight is 373 g/mol. The molecular formula is C19H27N5O3. The van der Waals surface area contributed by atoms with Crippen molar-refractivity contribution in [1.29, 1.82) is 0 Å². The number of hydrogen-bond donors (Lipinski definition) is 2. The van der Waals surface area contributed by atoms with Crippen LogP contribution in [-0.4, -0.2) is 51.4 Å². The van der Waals surface area contributed by atoms with Gasteiger partial charge in [0.15, 0.2) is 5.69 Å². The third-order valence-electron chi connectivity index (χ3n) is 4.69. The molecule has 8 nitrogen and oxygen atoms in total. The number of ether oxygens (including phenoxy) is 1. The molecule has 2 aromatic heterocycles. The lowest BCUT2D eigenvalue weighted by Crippen LogP contribution is -2.50. The lowest BCUT2D eigenvalue weighted by Gasteiger charge is -2.29. The maximum atomic E-state index is 12.5. The molecule has 1 aliphatic carbocycles. The Bertz CT molecular complexity index is 813. The highest BCUT2D eigenvalue weighted by molar-refractivity contribution is 5.98. The Morgan fingerprint density at radius 1 is 1.37 bits per heavy atom. The van der Waals surface area contributed by atoms with Crippen LogP contribution in [0.2, 0.25) is 0 Å². The van der Waals surface area contributed by atoms with Crippen molar-refractivity contribution in [3.05, 3.63) is 30.1 Å². The van der Waals surface area contributed by atoms with Gasteiger partial charge in [-0.3, -0.25) is 9.59 Å². The van der Waals surface area contributed by atoms with E-state index in [4.69, 9.17) is 4.74 Å². The summed E-state index contributed by atoms with van der Waals surface area (Å²) in [5.74, 6) is -0.00868. The Balaban J connectivity index is 1.51. The number of amides is 2. The first-order chi connectivity index (χ1) is 12.9. The maximum absolute atomic E-state index is 12.5. The van der Waals surface area contributed by atoms with E-state index < -0.39 is 5.54 Å². The number of pyridine rings is 1. The third kappa shape index (κ3) is 4.82. The molecule has 1 aliphatic rings. The summed E-state index contributed by atoms with van der Waals surface area (Å²) >= 11 is 0. The first-order valence-corrected chi connectivity index (χ1v) is 9.43. The van der Waals surface area contributed by atoms with Gasteiger partial charge in [0.25, 0.3) is 5.91 Å². The molecular weight excluding hydrogens is 346 g/mol. The zero-order valence-corrected chi connectivity index (χ0v) is 16.1. The van der Waals surface area contributed by atoms with E-state index >= 15 is 0 Å². The number of nitrogens with one attached hydrogen (secondary N) is 2. The number of carbonyl (C=O) groups excluding carboxylic acids is 2. The molecule has 1 unspecified atom stereocenters. The van der Waals surface area contributed by atoms with Gasteiger partial charge in [0.2, 0.25) is 5.91 Å². The molecule has 0 saturated heterocycles. The third-order valence-corrected chi connectivity index (χ3v) is 4.69. The highest BCUT2D eigenvalue weighted by Gasteiger charge is 2.38. The molecule has 2 aromatic rings. The number of hydrogen-bond acceptors (Lipinski definition) is 5. The molecule has 0 spiro atoms. The summed E-state index contributed by atoms with van der Waals surface area (Å²) < 4.78 is 7.17. The number of carbonyl (C=O) groups is 2. The second-order valence-corrected chi connectivity index (χ2v) is 7.56. The molecule has 146 valence electrons. The largest absolute Gasteiger partial charge is 0.368 e. The van der Waals surface area contributed by atoms with E-state index in [2.05, 4.69) is 20.9 Å². The summed E-state index contributed by atoms with van der Waals surface area (Å²) in [5.41, 5.74) is 0.498. The highest BCUT2D eigenvalue weighted by Crippen LogP contribution is 2.34. The molecule has 1 saturated carbocycles. The van der Waals surface area contributed by atoms with Gasteiger partial charge in [-0.15, -0.1) is 5.10 Å². The fourth-order valence-electron chi connectivity index (χ4n) is 3.05. The minimum atomic E-state index is -0.455. The standard InChI is InChI=1S/C19H27N5O3/c1-4-27-16(13-8-9-13)18(26)21-19(2,3)10-11-20-17(25)15-14-7-5-6-12-24(14)23-22-15/h5-7,12-13,16H,4,8-11H2,1-3H3,(H,20,25)(H,21,26). The van der Waals surface area contributed by atoms with Crippen LogP contribution in [0.5, 0.6) is 0 Å². The first-order valence-electron chi connectivity index (χ1n) is 9.43. The summed E-state index contributed by atoms with van der Waals surface area (Å²) in [6.07, 6.45) is 4.05. The van der Waals surface area contributed by atoms with Crippen LogP contribution in [0.3, 0.4) is 0 Å². The number of nitrogens with zero attached hydrogens (tertiary/aromatic N) is 3. The van der Waals surface area contributed by atoms with Crippen LogP contribution in [0.25, 0.3) is 5.52 Å². The molecule has 1 atom stereocenters. The predicted octanol–water partition coefficient (Wildman–Crippen LogP) is 1.56. The van der Waals surface area contributed by atoms with Gasteiger partial charge in [0.1, 0.15) is 6.10 Å². The van der Waals surface area contributed by atoms with Gasteiger partial charge in [-0.2, -0.15) is 0 Å². The van der Waals surface area contributed by atoms with Gasteiger partial charge >= 0.3 is 0 Å². The molecule has 8 heteroatoms. The number of fused-ring (bicyclic) bond motifs is 1. The molecule has 2 amide bonds. The summed E-state index contributed by atoms with van der Waals surface area (Å²) in [6.45, 7) is 6.73. The van der Waals surface area contributed by atoms with E-state index in [0.29, 0.717) is 36.7 Å². The zero-order valence-electron chi connectivity index (χ0n) is 16.1. The smallest absolute Gasteiger partial charge is 0.274 e. The molecule has 0 bridgehead atoms. The van der Waals surface area contributed by atoms with Crippen molar-refractivity contribution in [2.45, 2.75) is 51.7 Å². The van der Waals surface area contributed by atoms with Gasteiger partial charge in [-0.1, -0.05) is 11.3 Å². The fraction of sp³-hybridized carbons (Fsp3) is 0.579. The van der Waals surface area contributed by atoms with Crippen LogP contribution >= 0.6 is 0 Å². The Kier molecular flexibility index (Phi) is 5.74. The van der Waals surface area contributed by atoms with Crippen molar-refractivity contribution in [1.82, 2.24) is 25.5 Å². The molecule has 0 radical (unpaired) electrons. The Labute approximate surface area is 158 Å². The SMILES string of the molecule is CCOC(C(=O)NC(C)(C)CCNC(=O)c1nnn2ccccc12)C1CC1. The zero-order chi connectivity index (χ0) is 19.4. The van der Waals surface area contributed by atoms with Crippen molar-refractivity contribution in [3.63, 3.8) is 0 Å². The molecule has 0 aromatic carbocycles. The van der Waals surface area contributed by atoms with Crippen LogP contribution in [0.15, 0.2) is 24.4 Å². The van der Waals surface area contributed by atoms with E-state index in [1.165, 1.54) is 0 Å². The monoisotopic (exact) mass is 373 g/mol. The van der Waals surface area contributed by atoms with Crippen LogP contribution in [0.1, 0.15) is 50.5 Å². The Morgan fingerprint density at radius 3 is 2.85 bits per heavy atom. The van der Waals surface area contributed by atoms with E-state index in [1.807, 2.05) is 32.9 Å². The molecule has 2 N–H and O–H groups in total. The van der Waals surface area contributed by atoms with Gasteiger partial charge in [-0.05, 0) is 58.1 Å². The van der Waals surface area contributed by atoms with E-state index in [-0.39, 0.29) is 17.9 Å².